The molecule has 1 amide bonds. The van der Waals surface area contributed by atoms with Crippen molar-refractivity contribution in [3.8, 4) is 28.7 Å². The molecule has 1 aromatic heterocycles. The van der Waals surface area contributed by atoms with Crippen LogP contribution in [0.15, 0.2) is 77.2 Å². The molecule has 3 aromatic carbocycles. The summed E-state index contributed by atoms with van der Waals surface area (Å²) in [6, 6.07) is 22.9. The van der Waals surface area contributed by atoms with E-state index < -0.39 is 0 Å². The van der Waals surface area contributed by atoms with E-state index in [1.807, 2.05) is 81.7 Å². The summed E-state index contributed by atoms with van der Waals surface area (Å²) in [6.07, 6.45) is 0. The third-order valence-electron chi connectivity index (χ3n) is 5.66. The number of hydrogen-bond donors (Lipinski definition) is 1. The third-order valence-corrected chi connectivity index (χ3v) is 5.66. The Balaban J connectivity index is 1.44. The van der Waals surface area contributed by atoms with Crippen LogP contribution >= 0.6 is 0 Å². The molecule has 7 heteroatoms. The highest BCUT2D eigenvalue weighted by molar-refractivity contribution is 5.94. The molecule has 0 spiro atoms. The number of aromatic nitrogens is 2. The lowest BCUT2D eigenvalue weighted by Gasteiger charge is -2.26. The van der Waals surface area contributed by atoms with E-state index in [0.29, 0.717) is 23.9 Å². The second kappa shape index (κ2) is 10.3. The van der Waals surface area contributed by atoms with Crippen molar-refractivity contribution in [2.45, 2.75) is 13.0 Å². The minimum atomic E-state index is -0.153. The van der Waals surface area contributed by atoms with Gasteiger partial charge in [0.2, 0.25) is 11.8 Å². The van der Waals surface area contributed by atoms with E-state index in [1.165, 1.54) is 0 Å². The van der Waals surface area contributed by atoms with Gasteiger partial charge in [-0.3, -0.25) is 4.79 Å². The first-order chi connectivity index (χ1) is 16.5. The minimum Gasteiger partial charge on any atom is -0.496 e. The van der Waals surface area contributed by atoms with Crippen molar-refractivity contribution >= 4 is 5.91 Å². The van der Waals surface area contributed by atoms with Gasteiger partial charge in [0.15, 0.2) is 0 Å². The number of nitrogens with one attached hydrogen (secondary N) is 1. The number of benzene rings is 3. The van der Waals surface area contributed by atoms with Gasteiger partial charge in [-0.25, -0.2) is 0 Å². The number of carbonyl (C=O) groups excluding carboxylic acids is 1. The van der Waals surface area contributed by atoms with Gasteiger partial charge in [0, 0.05) is 28.8 Å². The van der Waals surface area contributed by atoms with Crippen LogP contribution in [0, 0.1) is 6.92 Å². The molecule has 1 N–H and O–H groups in total. The van der Waals surface area contributed by atoms with Crippen LogP contribution in [0.2, 0.25) is 0 Å². The molecule has 174 valence electrons. The smallest absolute Gasteiger partial charge is 0.251 e. The van der Waals surface area contributed by atoms with Crippen LogP contribution in [0.25, 0.3) is 22.9 Å². The zero-order valence-corrected chi connectivity index (χ0v) is 19.8. The SMILES string of the molecule is COc1ccccc1C(CNC(=O)c1ccc(-c2nnc(-c3cccc(C)c3)o2)cc1)N(C)C. The van der Waals surface area contributed by atoms with Gasteiger partial charge in [0.1, 0.15) is 5.75 Å². The zero-order valence-electron chi connectivity index (χ0n) is 19.8. The fraction of sp³-hybridized carbons (Fsp3) is 0.222. The molecular weight excluding hydrogens is 428 g/mol. The van der Waals surface area contributed by atoms with Gasteiger partial charge in [-0.05, 0) is 63.5 Å². The maximum atomic E-state index is 12.8. The van der Waals surface area contributed by atoms with Crippen LogP contribution < -0.4 is 10.1 Å². The number of rotatable bonds is 8. The van der Waals surface area contributed by atoms with Gasteiger partial charge >= 0.3 is 0 Å². The molecule has 0 saturated heterocycles. The van der Waals surface area contributed by atoms with Gasteiger partial charge in [-0.1, -0.05) is 35.9 Å². The molecule has 0 saturated carbocycles. The summed E-state index contributed by atoms with van der Waals surface area (Å²) in [7, 11) is 5.61. The Hall–Kier alpha value is -3.97. The first-order valence-corrected chi connectivity index (χ1v) is 11.0. The Labute approximate surface area is 199 Å². The first-order valence-electron chi connectivity index (χ1n) is 11.0. The van der Waals surface area contributed by atoms with Crippen molar-refractivity contribution < 1.29 is 13.9 Å². The molecule has 4 rings (SSSR count). The van der Waals surface area contributed by atoms with Gasteiger partial charge < -0.3 is 19.4 Å². The predicted molar refractivity (Wildman–Crippen MR) is 132 cm³/mol. The van der Waals surface area contributed by atoms with Crippen LogP contribution in [0.4, 0.5) is 0 Å². The Kier molecular flexibility index (Phi) is 7.04. The summed E-state index contributed by atoms with van der Waals surface area (Å²) < 4.78 is 11.3. The van der Waals surface area contributed by atoms with Crippen LogP contribution in [0.3, 0.4) is 0 Å². The molecule has 1 heterocycles. The monoisotopic (exact) mass is 456 g/mol. The highest BCUT2D eigenvalue weighted by Crippen LogP contribution is 2.28. The predicted octanol–water partition coefficient (Wildman–Crippen LogP) is 4.75. The second-order valence-corrected chi connectivity index (χ2v) is 8.29. The van der Waals surface area contributed by atoms with Crippen molar-refractivity contribution in [3.63, 3.8) is 0 Å². The van der Waals surface area contributed by atoms with Gasteiger partial charge in [0.25, 0.3) is 5.91 Å². The van der Waals surface area contributed by atoms with E-state index in [1.54, 1.807) is 19.2 Å². The number of aryl methyl sites for hydroxylation is 1. The number of carbonyl (C=O) groups is 1. The Morgan fingerprint density at radius 2 is 1.68 bits per heavy atom. The fourth-order valence-electron chi connectivity index (χ4n) is 3.80. The number of nitrogens with zero attached hydrogens (tertiary/aromatic N) is 3. The van der Waals surface area contributed by atoms with Gasteiger partial charge in [0.05, 0.1) is 13.2 Å². The van der Waals surface area contributed by atoms with E-state index in [2.05, 4.69) is 20.4 Å². The van der Waals surface area contributed by atoms with Gasteiger partial charge in [-0.2, -0.15) is 0 Å². The average Bonchev–Trinajstić information content (AvgIpc) is 3.35. The lowest BCUT2D eigenvalue weighted by atomic mass is 10.0. The Bertz CT molecular complexity index is 1260. The molecule has 0 fully saturated rings. The Morgan fingerprint density at radius 1 is 0.971 bits per heavy atom. The standard InChI is InChI=1S/C27H28N4O3/c1-18-8-7-9-21(16-18)27-30-29-26(34-27)20-14-12-19(13-15-20)25(32)28-17-23(31(2)3)22-10-5-6-11-24(22)33-4/h5-16,23H,17H2,1-4H3,(H,28,32). The summed E-state index contributed by atoms with van der Waals surface area (Å²) in [6.45, 7) is 2.46. The first kappa shape index (κ1) is 23.2. The van der Waals surface area contributed by atoms with E-state index >= 15 is 0 Å². The lowest BCUT2D eigenvalue weighted by molar-refractivity contribution is 0.0941. The molecular formula is C27H28N4O3. The van der Waals surface area contributed by atoms with Crippen LogP contribution in [0.5, 0.6) is 5.75 Å². The van der Waals surface area contributed by atoms with Crippen LogP contribution in [0.1, 0.15) is 27.5 Å². The number of likely N-dealkylation sites (N-methyl/N-ethyl adjacent to an activating group) is 1. The second-order valence-electron chi connectivity index (χ2n) is 8.29. The average molecular weight is 457 g/mol. The normalized spacial score (nSPS) is 11.9. The maximum Gasteiger partial charge on any atom is 0.251 e. The fourth-order valence-corrected chi connectivity index (χ4v) is 3.80. The highest BCUT2D eigenvalue weighted by Gasteiger charge is 2.19. The van der Waals surface area contributed by atoms with Gasteiger partial charge in [-0.15, -0.1) is 10.2 Å². The van der Waals surface area contributed by atoms with Crippen LogP contribution in [-0.2, 0) is 0 Å². The number of hydrogen-bond acceptors (Lipinski definition) is 6. The van der Waals surface area contributed by atoms with E-state index in [-0.39, 0.29) is 11.9 Å². The number of methoxy groups -OCH3 is 1. The third kappa shape index (κ3) is 5.15. The van der Waals surface area contributed by atoms with Crippen molar-refractivity contribution in [1.82, 2.24) is 20.4 Å². The summed E-state index contributed by atoms with van der Waals surface area (Å²) in [5, 5.41) is 11.4. The van der Waals surface area contributed by atoms with Crippen molar-refractivity contribution in [3.05, 3.63) is 89.5 Å². The number of para-hydroxylation sites is 1. The van der Waals surface area contributed by atoms with Crippen molar-refractivity contribution in [2.75, 3.05) is 27.7 Å². The molecule has 1 atom stereocenters. The van der Waals surface area contributed by atoms with Crippen molar-refractivity contribution in [1.29, 1.82) is 0 Å². The quantitative estimate of drug-likeness (QED) is 0.412. The largest absolute Gasteiger partial charge is 0.496 e. The Morgan fingerprint density at radius 3 is 2.35 bits per heavy atom. The number of ether oxygens (including phenoxy) is 1. The summed E-state index contributed by atoms with van der Waals surface area (Å²) in [5.41, 5.74) is 4.32. The zero-order chi connectivity index (χ0) is 24.1. The topological polar surface area (TPSA) is 80.5 Å². The molecule has 1 unspecified atom stereocenters. The van der Waals surface area contributed by atoms with E-state index in [9.17, 15) is 4.79 Å². The molecule has 0 aliphatic carbocycles. The summed E-state index contributed by atoms with van der Waals surface area (Å²) in [4.78, 5) is 14.9. The van der Waals surface area contributed by atoms with E-state index in [0.717, 1.165) is 28.0 Å². The molecule has 4 aromatic rings. The molecule has 0 radical (unpaired) electrons. The molecule has 7 nitrogen and oxygen atoms in total. The lowest BCUT2D eigenvalue weighted by Crippen LogP contribution is -2.34. The summed E-state index contributed by atoms with van der Waals surface area (Å²) in [5.74, 6) is 1.52. The maximum absolute atomic E-state index is 12.8. The molecule has 0 aliphatic rings. The minimum absolute atomic E-state index is 0.0298. The number of amides is 1. The van der Waals surface area contributed by atoms with Crippen LogP contribution in [-0.4, -0.2) is 48.8 Å². The van der Waals surface area contributed by atoms with Crippen molar-refractivity contribution in [2.24, 2.45) is 0 Å². The summed E-state index contributed by atoms with van der Waals surface area (Å²) >= 11 is 0. The highest BCUT2D eigenvalue weighted by atomic mass is 16.5. The van der Waals surface area contributed by atoms with E-state index in [4.69, 9.17) is 9.15 Å². The molecule has 0 aliphatic heterocycles. The molecule has 0 bridgehead atoms. The molecule has 34 heavy (non-hydrogen) atoms.